The number of carbonyl (C=O) groups excluding carboxylic acids is 1. The van der Waals surface area contributed by atoms with E-state index in [-0.39, 0.29) is 23.1 Å². The number of carbonyl (C=O) groups is 1. The van der Waals surface area contributed by atoms with E-state index in [9.17, 15) is 9.59 Å². The third-order valence-electron chi connectivity index (χ3n) is 5.85. The van der Waals surface area contributed by atoms with Crippen LogP contribution in [0.3, 0.4) is 0 Å². The lowest BCUT2D eigenvalue weighted by Gasteiger charge is -2.31. The Morgan fingerprint density at radius 1 is 1.00 bits per heavy atom. The van der Waals surface area contributed by atoms with Crippen molar-refractivity contribution in [1.29, 1.82) is 0 Å². The van der Waals surface area contributed by atoms with Gasteiger partial charge in [-0.05, 0) is 49.1 Å². The van der Waals surface area contributed by atoms with Crippen molar-refractivity contribution in [3.63, 3.8) is 0 Å². The summed E-state index contributed by atoms with van der Waals surface area (Å²) in [5, 5.41) is 8.49. The van der Waals surface area contributed by atoms with Gasteiger partial charge in [-0.15, -0.1) is 0 Å². The summed E-state index contributed by atoms with van der Waals surface area (Å²) in [6, 6.07) is 12.3. The largest absolute Gasteiger partial charge is 0.355 e. The second-order valence-electron chi connectivity index (χ2n) is 8.03. The standard InChI is InChI=1S/C24H22N6O3/c31-23-4-3-20(18-5-10-25-11-6-18)27-30(23)16-17-7-12-29(13-8-17)24(32)21-14-22(33-28-21)19-2-1-9-26-15-19/h1-6,9-11,14-15,17H,7-8,12-13,16H2. The SMILES string of the molecule is O=C(c1cc(-c2cccnc2)on1)N1CCC(Cn2nc(-c3ccncc3)ccc2=O)CC1. The van der Waals surface area contributed by atoms with Crippen molar-refractivity contribution < 1.29 is 9.32 Å². The van der Waals surface area contributed by atoms with Gasteiger partial charge in [0.15, 0.2) is 11.5 Å². The van der Waals surface area contributed by atoms with E-state index >= 15 is 0 Å². The molecule has 1 aliphatic heterocycles. The average Bonchev–Trinajstić information content (AvgIpc) is 3.37. The van der Waals surface area contributed by atoms with Gasteiger partial charge in [-0.2, -0.15) is 5.10 Å². The molecule has 4 aromatic heterocycles. The van der Waals surface area contributed by atoms with Gasteiger partial charge in [0.25, 0.3) is 11.5 Å². The maximum atomic E-state index is 12.9. The predicted octanol–water partition coefficient (Wildman–Crippen LogP) is 2.91. The molecule has 0 unspecified atom stereocenters. The molecule has 0 radical (unpaired) electrons. The van der Waals surface area contributed by atoms with Crippen LogP contribution in [0.15, 0.2) is 76.6 Å². The van der Waals surface area contributed by atoms with Gasteiger partial charge >= 0.3 is 0 Å². The first kappa shape index (κ1) is 20.7. The Bertz CT molecular complexity index is 1290. The van der Waals surface area contributed by atoms with Gasteiger partial charge in [-0.1, -0.05) is 5.16 Å². The van der Waals surface area contributed by atoms with E-state index in [4.69, 9.17) is 4.52 Å². The summed E-state index contributed by atoms with van der Waals surface area (Å²) in [4.78, 5) is 35.1. The molecular formula is C24H22N6O3. The Hall–Kier alpha value is -4.14. The van der Waals surface area contributed by atoms with Crippen LogP contribution >= 0.6 is 0 Å². The zero-order chi connectivity index (χ0) is 22.6. The van der Waals surface area contributed by atoms with E-state index in [0.717, 1.165) is 29.7 Å². The molecule has 5 heterocycles. The van der Waals surface area contributed by atoms with E-state index in [1.807, 2.05) is 18.2 Å². The van der Waals surface area contributed by atoms with E-state index in [2.05, 4.69) is 20.2 Å². The Labute approximate surface area is 189 Å². The molecule has 0 aromatic carbocycles. The van der Waals surface area contributed by atoms with Gasteiger partial charge in [0.2, 0.25) is 0 Å². The van der Waals surface area contributed by atoms with Crippen molar-refractivity contribution >= 4 is 5.91 Å². The maximum absolute atomic E-state index is 12.9. The van der Waals surface area contributed by atoms with Gasteiger partial charge in [0, 0.05) is 67.7 Å². The second kappa shape index (κ2) is 9.15. The smallest absolute Gasteiger partial charge is 0.276 e. The number of rotatable bonds is 5. The Kier molecular flexibility index (Phi) is 5.75. The van der Waals surface area contributed by atoms with Crippen LogP contribution in [0.25, 0.3) is 22.6 Å². The summed E-state index contributed by atoms with van der Waals surface area (Å²) < 4.78 is 6.86. The molecule has 0 spiro atoms. The Morgan fingerprint density at radius 2 is 1.82 bits per heavy atom. The Balaban J connectivity index is 1.22. The van der Waals surface area contributed by atoms with Crippen molar-refractivity contribution in [2.75, 3.05) is 13.1 Å². The molecule has 1 aliphatic rings. The molecule has 0 bridgehead atoms. The average molecular weight is 442 g/mol. The lowest BCUT2D eigenvalue weighted by atomic mass is 9.96. The normalized spacial score (nSPS) is 14.4. The summed E-state index contributed by atoms with van der Waals surface area (Å²) in [6.45, 7) is 1.71. The minimum absolute atomic E-state index is 0.128. The molecule has 1 saturated heterocycles. The monoisotopic (exact) mass is 442 g/mol. The highest BCUT2D eigenvalue weighted by molar-refractivity contribution is 5.93. The van der Waals surface area contributed by atoms with Crippen LogP contribution in [-0.4, -0.2) is 48.8 Å². The first-order chi connectivity index (χ1) is 16.2. The van der Waals surface area contributed by atoms with Crippen LogP contribution in [0.1, 0.15) is 23.3 Å². The topological polar surface area (TPSA) is 107 Å². The highest BCUT2D eigenvalue weighted by Gasteiger charge is 2.26. The van der Waals surface area contributed by atoms with Crippen LogP contribution in [0.5, 0.6) is 0 Å². The molecule has 0 aliphatic carbocycles. The number of amides is 1. The summed E-state index contributed by atoms with van der Waals surface area (Å²) in [5.41, 5.74) is 2.58. The van der Waals surface area contributed by atoms with Gasteiger partial charge < -0.3 is 9.42 Å². The first-order valence-corrected chi connectivity index (χ1v) is 10.8. The van der Waals surface area contributed by atoms with Crippen molar-refractivity contribution in [3.05, 3.63) is 83.3 Å². The molecule has 166 valence electrons. The summed E-state index contributed by atoms with van der Waals surface area (Å²) in [5.74, 6) is 0.624. The Morgan fingerprint density at radius 3 is 2.58 bits per heavy atom. The van der Waals surface area contributed by atoms with Gasteiger partial charge in [-0.25, -0.2) is 4.68 Å². The molecule has 4 aromatic rings. The predicted molar refractivity (Wildman–Crippen MR) is 120 cm³/mol. The highest BCUT2D eigenvalue weighted by Crippen LogP contribution is 2.23. The highest BCUT2D eigenvalue weighted by atomic mass is 16.5. The van der Waals surface area contributed by atoms with E-state index in [0.29, 0.717) is 25.4 Å². The van der Waals surface area contributed by atoms with E-state index < -0.39 is 0 Å². The van der Waals surface area contributed by atoms with Crippen LogP contribution in [-0.2, 0) is 6.54 Å². The van der Waals surface area contributed by atoms with E-state index in [1.54, 1.807) is 54.0 Å². The zero-order valence-electron chi connectivity index (χ0n) is 17.9. The molecule has 0 atom stereocenters. The lowest BCUT2D eigenvalue weighted by molar-refractivity contribution is 0.0670. The molecular weight excluding hydrogens is 420 g/mol. The van der Waals surface area contributed by atoms with Gasteiger partial charge in [0.05, 0.1) is 5.69 Å². The van der Waals surface area contributed by atoms with Gasteiger partial charge in [0.1, 0.15) is 0 Å². The third-order valence-corrected chi connectivity index (χ3v) is 5.85. The van der Waals surface area contributed by atoms with E-state index in [1.165, 1.54) is 4.68 Å². The number of hydrogen-bond acceptors (Lipinski definition) is 7. The fourth-order valence-corrected chi connectivity index (χ4v) is 4.00. The number of likely N-dealkylation sites (tertiary alicyclic amines) is 1. The van der Waals surface area contributed by atoms with Gasteiger partial charge in [-0.3, -0.25) is 19.6 Å². The minimum atomic E-state index is -0.151. The number of hydrogen-bond donors (Lipinski definition) is 0. The number of aromatic nitrogens is 5. The molecule has 9 nitrogen and oxygen atoms in total. The second-order valence-corrected chi connectivity index (χ2v) is 8.03. The third kappa shape index (κ3) is 4.57. The lowest BCUT2D eigenvalue weighted by Crippen LogP contribution is -2.40. The first-order valence-electron chi connectivity index (χ1n) is 10.8. The summed E-state index contributed by atoms with van der Waals surface area (Å²) in [7, 11) is 0. The fourth-order valence-electron chi connectivity index (χ4n) is 4.00. The van der Waals surface area contributed by atoms with Crippen LogP contribution < -0.4 is 5.56 Å². The molecule has 0 saturated carbocycles. The number of nitrogens with zero attached hydrogens (tertiary/aromatic N) is 6. The summed E-state index contributed by atoms with van der Waals surface area (Å²) >= 11 is 0. The van der Waals surface area contributed by atoms with Crippen LogP contribution in [0.2, 0.25) is 0 Å². The molecule has 5 rings (SSSR count). The van der Waals surface area contributed by atoms with Crippen molar-refractivity contribution in [2.45, 2.75) is 19.4 Å². The molecule has 1 fully saturated rings. The van der Waals surface area contributed by atoms with Crippen LogP contribution in [0.4, 0.5) is 0 Å². The molecule has 33 heavy (non-hydrogen) atoms. The molecule has 0 N–H and O–H groups in total. The van der Waals surface area contributed by atoms with Crippen molar-refractivity contribution in [3.8, 4) is 22.6 Å². The number of pyridine rings is 2. The maximum Gasteiger partial charge on any atom is 0.276 e. The van der Waals surface area contributed by atoms with Crippen molar-refractivity contribution in [1.82, 2.24) is 29.8 Å². The minimum Gasteiger partial charge on any atom is -0.355 e. The van der Waals surface area contributed by atoms with Crippen molar-refractivity contribution in [2.24, 2.45) is 5.92 Å². The van der Waals surface area contributed by atoms with Crippen LogP contribution in [0, 0.1) is 5.92 Å². The quantitative estimate of drug-likeness (QED) is 0.468. The molecule has 1 amide bonds. The number of piperidine rings is 1. The molecule has 9 heteroatoms. The fraction of sp³-hybridized carbons (Fsp3) is 0.250. The zero-order valence-corrected chi connectivity index (χ0v) is 17.9. The summed E-state index contributed by atoms with van der Waals surface area (Å²) in [6.07, 6.45) is 8.32.